The van der Waals surface area contributed by atoms with Crippen molar-refractivity contribution in [2.75, 3.05) is 33.5 Å². The molecule has 13 heteroatoms. The van der Waals surface area contributed by atoms with Crippen molar-refractivity contribution in [3.05, 3.63) is 35.7 Å². The van der Waals surface area contributed by atoms with Crippen LogP contribution in [-0.4, -0.2) is 76.3 Å². The second-order valence-electron chi connectivity index (χ2n) is 8.33. The van der Waals surface area contributed by atoms with E-state index >= 15 is 0 Å². The molecular weight excluding hydrogens is 458 g/mol. The first-order valence-corrected chi connectivity index (χ1v) is 11.3. The van der Waals surface area contributed by atoms with Crippen LogP contribution in [0.5, 0.6) is 5.75 Å². The Hall–Kier alpha value is -3.29. The van der Waals surface area contributed by atoms with Gasteiger partial charge in [0.25, 0.3) is 0 Å². The van der Waals surface area contributed by atoms with Crippen LogP contribution in [0.3, 0.4) is 0 Å². The zero-order valence-electron chi connectivity index (χ0n) is 20.4. The number of aromatic nitrogens is 4. The Morgan fingerprint density at radius 2 is 2.03 bits per heavy atom. The molecule has 0 radical (unpaired) electrons. The molecular formula is C22H35N7O6. The number of unbranched alkanes of at least 4 members (excludes halogenated alkanes) is 1. The Balaban J connectivity index is 2.01. The fourth-order valence-corrected chi connectivity index (χ4v) is 2.96. The van der Waals surface area contributed by atoms with Crippen molar-refractivity contribution in [3.63, 3.8) is 0 Å². The number of nitrogens with one attached hydrogen (secondary N) is 2. The van der Waals surface area contributed by atoms with Gasteiger partial charge in [-0.25, -0.2) is 9.48 Å². The molecule has 1 aromatic carbocycles. The van der Waals surface area contributed by atoms with E-state index in [0.717, 1.165) is 5.56 Å². The van der Waals surface area contributed by atoms with Crippen molar-refractivity contribution >= 4 is 12.0 Å². The number of aliphatic hydroxyl groups excluding tert-OH is 1. The number of nitrogens with two attached hydrogens (primary N) is 1. The highest BCUT2D eigenvalue weighted by atomic mass is 16.5. The maximum atomic E-state index is 12.6. The quantitative estimate of drug-likeness (QED) is 0.252. The second kappa shape index (κ2) is 14.2. The normalized spacial score (nSPS) is 12.1. The Morgan fingerprint density at radius 3 is 2.74 bits per heavy atom. The second-order valence-corrected chi connectivity index (χ2v) is 8.33. The van der Waals surface area contributed by atoms with E-state index < -0.39 is 23.6 Å². The van der Waals surface area contributed by atoms with Crippen molar-refractivity contribution < 1.29 is 28.9 Å². The number of tetrazole rings is 1. The van der Waals surface area contributed by atoms with Gasteiger partial charge < -0.3 is 35.7 Å². The van der Waals surface area contributed by atoms with Crippen molar-refractivity contribution in [3.8, 4) is 5.75 Å². The molecule has 0 saturated heterocycles. The molecule has 1 heterocycles. The van der Waals surface area contributed by atoms with E-state index in [-0.39, 0.29) is 33.0 Å². The molecule has 2 rings (SSSR count). The average molecular weight is 494 g/mol. The number of para-hydroxylation sites is 1. The minimum Gasteiger partial charge on any atom is -0.496 e. The number of carbonyl (C=O) groups is 2. The number of methoxy groups -OCH3 is 1. The molecule has 13 nitrogen and oxygen atoms in total. The van der Waals surface area contributed by atoms with Crippen LogP contribution >= 0.6 is 0 Å². The summed E-state index contributed by atoms with van der Waals surface area (Å²) in [5, 5.41) is 25.9. The summed E-state index contributed by atoms with van der Waals surface area (Å²) in [6, 6.07) is 6.74. The molecule has 0 unspecified atom stereocenters. The SMILES string of the molecule is COc1ccccc1COC[C@@H](NC(=O)C(C)(C)N)c1nnnn1CCOC(=O)NCCCCO. The lowest BCUT2D eigenvalue weighted by molar-refractivity contribution is -0.126. The first-order valence-electron chi connectivity index (χ1n) is 11.3. The van der Waals surface area contributed by atoms with Gasteiger partial charge in [-0.2, -0.15) is 0 Å². The summed E-state index contributed by atoms with van der Waals surface area (Å²) in [5.41, 5.74) is 5.66. The monoisotopic (exact) mass is 493 g/mol. The first-order chi connectivity index (χ1) is 16.8. The molecule has 0 saturated carbocycles. The minimum atomic E-state index is -1.13. The van der Waals surface area contributed by atoms with Crippen LogP contribution in [-0.2, 0) is 27.4 Å². The summed E-state index contributed by atoms with van der Waals surface area (Å²) >= 11 is 0. The Bertz CT molecular complexity index is 931. The molecule has 5 N–H and O–H groups in total. The lowest BCUT2D eigenvalue weighted by atomic mass is 10.1. The van der Waals surface area contributed by atoms with E-state index in [4.69, 9.17) is 25.1 Å². The van der Waals surface area contributed by atoms with Crippen molar-refractivity contribution in [2.45, 2.75) is 51.4 Å². The molecule has 0 spiro atoms. The van der Waals surface area contributed by atoms with Crippen LogP contribution in [0.25, 0.3) is 0 Å². The molecule has 1 atom stereocenters. The number of benzene rings is 1. The van der Waals surface area contributed by atoms with Gasteiger partial charge in [-0.15, -0.1) is 5.10 Å². The number of alkyl carbamates (subject to hydrolysis) is 1. The van der Waals surface area contributed by atoms with Gasteiger partial charge >= 0.3 is 6.09 Å². The van der Waals surface area contributed by atoms with Crippen molar-refractivity contribution in [1.29, 1.82) is 0 Å². The van der Waals surface area contributed by atoms with Gasteiger partial charge in [0.15, 0.2) is 5.82 Å². The Morgan fingerprint density at radius 1 is 1.26 bits per heavy atom. The highest BCUT2D eigenvalue weighted by Crippen LogP contribution is 2.19. The lowest BCUT2D eigenvalue weighted by Crippen LogP contribution is -2.51. The van der Waals surface area contributed by atoms with Gasteiger partial charge in [0.1, 0.15) is 18.4 Å². The van der Waals surface area contributed by atoms with Gasteiger partial charge in [0, 0.05) is 18.7 Å². The molecule has 0 fully saturated rings. The number of amides is 2. The molecule has 35 heavy (non-hydrogen) atoms. The fourth-order valence-electron chi connectivity index (χ4n) is 2.96. The molecule has 0 aliphatic heterocycles. The smallest absolute Gasteiger partial charge is 0.407 e. The fraction of sp³-hybridized carbons (Fsp3) is 0.591. The number of carbonyl (C=O) groups excluding carboxylic acids is 2. The standard InChI is InChI=1S/C22H35N7O6/c1-22(2,23)20(31)25-17(15-34-14-16-8-4-5-9-18(16)33-3)19-26-27-28-29(19)11-13-35-21(32)24-10-6-7-12-30/h4-5,8-9,17,30H,6-7,10-15,23H2,1-3H3,(H,24,32)(H,25,31)/t17-/m1/s1. The maximum Gasteiger partial charge on any atom is 0.407 e. The number of hydrogen-bond acceptors (Lipinski definition) is 10. The van der Waals surface area contributed by atoms with Crippen LogP contribution in [0.1, 0.15) is 44.1 Å². The van der Waals surface area contributed by atoms with E-state index in [1.807, 2.05) is 24.3 Å². The molecule has 2 amide bonds. The van der Waals surface area contributed by atoms with Gasteiger partial charge in [-0.05, 0) is 43.2 Å². The zero-order chi connectivity index (χ0) is 25.7. The number of nitrogens with zero attached hydrogens (tertiary/aromatic N) is 4. The third-order valence-electron chi connectivity index (χ3n) is 4.89. The summed E-state index contributed by atoms with van der Waals surface area (Å²) in [7, 11) is 1.58. The molecule has 2 aromatic rings. The van der Waals surface area contributed by atoms with E-state index in [9.17, 15) is 9.59 Å². The highest BCUT2D eigenvalue weighted by Gasteiger charge is 2.28. The highest BCUT2D eigenvalue weighted by molar-refractivity contribution is 5.85. The predicted molar refractivity (Wildman–Crippen MR) is 125 cm³/mol. The van der Waals surface area contributed by atoms with Crippen molar-refractivity contribution in [2.24, 2.45) is 5.73 Å². The number of ether oxygens (including phenoxy) is 3. The van der Waals surface area contributed by atoms with E-state index in [1.54, 1.807) is 21.0 Å². The lowest BCUT2D eigenvalue weighted by Gasteiger charge is -2.24. The largest absolute Gasteiger partial charge is 0.496 e. The first kappa shape index (κ1) is 28.0. The number of aliphatic hydroxyl groups is 1. The summed E-state index contributed by atoms with van der Waals surface area (Å²) in [6.45, 7) is 4.13. The summed E-state index contributed by atoms with van der Waals surface area (Å²) in [4.78, 5) is 24.4. The average Bonchev–Trinajstić information content (AvgIpc) is 3.29. The van der Waals surface area contributed by atoms with E-state index in [1.165, 1.54) is 4.68 Å². The Labute approximate surface area is 204 Å². The maximum absolute atomic E-state index is 12.6. The van der Waals surface area contributed by atoms with Crippen LogP contribution in [0, 0.1) is 0 Å². The molecule has 194 valence electrons. The van der Waals surface area contributed by atoms with Crippen LogP contribution in [0.4, 0.5) is 4.79 Å². The summed E-state index contributed by atoms with van der Waals surface area (Å²) in [6.07, 6.45) is 0.670. The van der Waals surface area contributed by atoms with Crippen LogP contribution < -0.4 is 21.1 Å². The topological polar surface area (TPSA) is 176 Å². The minimum absolute atomic E-state index is 0.00892. The Kier molecular flexibility index (Phi) is 11.3. The van der Waals surface area contributed by atoms with Gasteiger partial charge in [-0.1, -0.05) is 18.2 Å². The van der Waals surface area contributed by atoms with E-state index in [0.29, 0.717) is 31.0 Å². The third-order valence-corrected chi connectivity index (χ3v) is 4.89. The van der Waals surface area contributed by atoms with Crippen molar-refractivity contribution in [1.82, 2.24) is 30.8 Å². The summed E-state index contributed by atoms with van der Waals surface area (Å²) < 4.78 is 17.8. The third kappa shape index (κ3) is 9.47. The molecule has 0 bridgehead atoms. The van der Waals surface area contributed by atoms with Crippen LogP contribution in [0.2, 0.25) is 0 Å². The zero-order valence-corrected chi connectivity index (χ0v) is 20.4. The van der Waals surface area contributed by atoms with Crippen LogP contribution in [0.15, 0.2) is 24.3 Å². The molecule has 0 aliphatic rings. The number of rotatable bonds is 15. The molecule has 0 aliphatic carbocycles. The predicted octanol–water partition coefficient (Wildman–Crippen LogP) is 0.292. The van der Waals surface area contributed by atoms with Gasteiger partial charge in [-0.3, -0.25) is 4.79 Å². The van der Waals surface area contributed by atoms with E-state index in [2.05, 4.69) is 26.2 Å². The summed E-state index contributed by atoms with van der Waals surface area (Å²) in [5.74, 6) is 0.610. The van der Waals surface area contributed by atoms with Gasteiger partial charge in [0.2, 0.25) is 5.91 Å². The van der Waals surface area contributed by atoms with Gasteiger partial charge in [0.05, 0.1) is 32.4 Å². The molecule has 1 aromatic heterocycles. The number of hydrogen-bond donors (Lipinski definition) is 4.